The Balaban J connectivity index is 2.15. The molecule has 0 saturated heterocycles. The van der Waals surface area contributed by atoms with Gasteiger partial charge in [0.05, 0.1) is 0 Å². The van der Waals surface area contributed by atoms with Crippen molar-refractivity contribution in [2.45, 2.75) is 72.3 Å². The van der Waals surface area contributed by atoms with Crippen molar-refractivity contribution >= 4 is 5.91 Å². The zero-order valence-corrected chi connectivity index (χ0v) is 13.3. The van der Waals surface area contributed by atoms with Gasteiger partial charge >= 0.3 is 0 Å². The number of rotatable bonds is 9. The number of nitrogens with one attached hydrogen (secondary N) is 1. The number of amides is 1. The molecular weight excluding hydrogens is 246 g/mol. The minimum Gasteiger partial charge on any atom is -0.352 e. The Bertz CT molecular complexity index is 412. The zero-order chi connectivity index (χ0) is 14.8. The third-order valence-electron chi connectivity index (χ3n) is 3.82. The molecule has 0 aromatic heterocycles. The first-order valence-electron chi connectivity index (χ1n) is 7.96. The van der Waals surface area contributed by atoms with Gasteiger partial charge in [0, 0.05) is 13.0 Å². The van der Waals surface area contributed by atoms with Crippen molar-refractivity contribution in [2.75, 3.05) is 0 Å². The molecule has 112 valence electrons. The van der Waals surface area contributed by atoms with Gasteiger partial charge in [-0.25, -0.2) is 0 Å². The summed E-state index contributed by atoms with van der Waals surface area (Å²) in [6.07, 6.45) is 8.02. The van der Waals surface area contributed by atoms with E-state index >= 15 is 0 Å². The van der Waals surface area contributed by atoms with E-state index < -0.39 is 0 Å². The number of hydrogen-bond donors (Lipinski definition) is 1. The summed E-state index contributed by atoms with van der Waals surface area (Å²) in [5, 5.41) is 3.01. The quantitative estimate of drug-likeness (QED) is 0.652. The van der Waals surface area contributed by atoms with E-state index in [1.807, 2.05) is 0 Å². The molecule has 2 nitrogen and oxygen atoms in total. The Labute approximate surface area is 124 Å². The summed E-state index contributed by atoms with van der Waals surface area (Å²) in [7, 11) is 0. The Morgan fingerprint density at radius 3 is 2.40 bits per heavy atom. The van der Waals surface area contributed by atoms with E-state index in [9.17, 15) is 4.79 Å². The van der Waals surface area contributed by atoms with E-state index in [2.05, 4.69) is 44.3 Å². The first-order chi connectivity index (χ1) is 9.63. The van der Waals surface area contributed by atoms with Crippen LogP contribution < -0.4 is 5.32 Å². The molecule has 2 heteroatoms. The van der Waals surface area contributed by atoms with Crippen LogP contribution in [0.25, 0.3) is 0 Å². The fourth-order valence-corrected chi connectivity index (χ4v) is 2.27. The van der Waals surface area contributed by atoms with Gasteiger partial charge in [-0.15, -0.1) is 0 Å². The Morgan fingerprint density at radius 1 is 1.00 bits per heavy atom. The van der Waals surface area contributed by atoms with Gasteiger partial charge in [0.25, 0.3) is 0 Å². The molecule has 0 spiro atoms. The number of aryl methyl sites for hydroxylation is 2. The van der Waals surface area contributed by atoms with Gasteiger partial charge in [0.2, 0.25) is 5.91 Å². The van der Waals surface area contributed by atoms with Crippen LogP contribution in [0, 0.1) is 13.8 Å². The fraction of sp³-hybridized carbons (Fsp3) is 0.611. The monoisotopic (exact) mass is 275 g/mol. The fourth-order valence-electron chi connectivity index (χ4n) is 2.27. The third kappa shape index (κ3) is 6.74. The van der Waals surface area contributed by atoms with E-state index in [0.717, 1.165) is 6.42 Å². The molecule has 0 bridgehead atoms. The van der Waals surface area contributed by atoms with E-state index in [-0.39, 0.29) is 5.91 Å². The van der Waals surface area contributed by atoms with Crippen molar-refractivity contribution in [1.29, 1.82) is 0 Å². The van der Waals surface area contributed by atoms with Crippen LogP contribution in [0.2, 0.25) is 0 Å². The highest BCUT2D eigenvalue weighted by Crippen LogP contribution is 2.10. The minimum absolute atomic E-state index is 0.179. The normalized spacial score (nSPS) is 10.6. The summed E-state index contributed by atoms with van der Waals surface area (Å²) in [5.41, 5.74) is 3.77. The van der Waals surface area contributed by atoms with Gasteiger partial charge < -0.3 is 5.32 Å². The third-order valence-corrected chi connectivity index (χ3v) is 3.82. The van der Waals surface area contributed by atoms with Gasteiger partial charge in [-0.2, -0.15) is 0 Å². The van der Waals surface area contributed by atoms with E-state index in [0.29, 0.717) is 13.0 Å². The summed E-state index contributed by atoms with van der Waals surface area (Å²) < 4.78 is 0. The lowest BCUT2D eigenvalue weighted by Gasteiger charge is -2.07. The van der Waals surface area contributed by atoms with E-state index in [1.54, 1.807) is 0 Å². The lowest BCUT2D eigenvalue weighted by Crippen LogP contribution is -2.22. The Kier molecular flexibility index (Phi) is 8.01. The first kappa shape index (κ1) is 16.7. The summed E-state index contributed by atoms with van der Waals surface area (Å²) in [6.45, 7) is 7.09. The summed E-state index contributed by atoms with van der Waals surface area (Å²) >= 11 is 0. The SMILES string of the molecule is CCCCCCCCC(=O)NCc1ccc(C)c(C)c1. The zero-order valence-electron chi connectivity index (χ0n) is 13.3. The maximum absolute atomic E-state index is 11.7. The summed E-state index contributed by atoms with van der Waals surface area (Å²) in [5.74, 6) is 0.179. The van der Waals surface area contributed by atoms with Crippen molar-refractivity contribution in [1.82, 2.24) is 5.32 Å². The largest absolute Gasteiger partial charge is 0.352 e. The molecule has 1 N–H and O–H groups in total. The molecule has 1 aromatic rings. The Morgan fingerprint density at radius 2 is 1.70 bits per heavy atom. The van der Waals surface area contributed by atoms with Crippen LogP contribution in [0.4, 0.5) is 0 Å². The second kappa shape index (κ2) is 9.57. The molecule has 0 aliphatic carbocycles. The van der Waals surface area contributed by atoms with Crippen molar-refractivity contribution in [3.05, 3.63) is 34.9 Å². The van der Waals surface area contributed by atoms with Crippen molar-refractivity contribution in [3.63, 3.8) is 0 Å². The van der Waals surface area contributed by atoms with E-state index in [1.165, 1.54) is 48.8 Å². The predicted octanol–water partition coefficient (Wildman–Crippen LogP) is 4.67. The molecule has 0 fully saturated rings. The highest BCUT2D eigenvalue weighted by Gasteiger charge is 2.02. The van der Waals surface area contributed by atoms with Crippen LogP contribution >= 0.6 is 0 Å². The first-order valence-corrected chi connectivity index (χ1v) is 7.96. The van der Waals surface area contributed by atoms with Crippen molar-refractivity contribution < 1.29 is 4.79 Å². The molecule has 1 amide bonds. The van der Waals surface area contributed by atoms with Crippen LogP contribution in [0.15, 0.2) is 18.2 Å². The topological polar surface area (TPSA) is 29.1 Å². The number of carbonyl (C=O) groups excluding carboxylic acids is 1. The van der Waals surface area contributed by atoms with Gasteiger partial charge in [0.15, 0.2) is 0 Å². The molecule has 0 saturated carbocycles. The number of unbranched alkanes of at least 4 members (excludes halogenated alkanes) is 5. The van der Waals surface area contributed by atoms with Gasteiger partial charge in [-0.05, 0) is 37.0 Å². The molecule has 0 atom stereocenters. The Hall–Kier alpha value is -1.31. The maximum Gasteiger partial charge on any atom is 0.220 e. The smallest absolute Gasteiger partial charge is 0.220 e. The molecular formula is C18H29NO. The van der Waals surface area contributed by atoms with Gasteiger partial charge in [-0.1, -0.05) is 57.2 Å². The van der Waals surface area contributed by atoms with Crippen LogP contribution in [-0.4, -0.2) is 5.91 Å². The van der Waals surface area contributed by atoms with E-state index in [4.69, 9.17) is 0 Å². The highest BCUT2D eigenvalue weighted by molar-refractivity contribution is 5.75. The number of hydrogen-bond acceptors (Lipinski definition) is 1. The average molecular weight is 275 g/mol. The molecule has 0 heterocycles. The average Bonchev–Trinajstić information content (AvgIpc) is 2.44. The van der Waals surface area contributed by atoms with Crippen molar-refractivity contribution in [2.24, 2.45) is 0 Å². The molecule has 20 heavy (non-hydrogen) atoms. The molecule has 0 aliphatic heterocycles. The summed E-state index contributed by atoms with van der Waals surface area (Å²) in [4.78, 5) is 11.7. The van der Waals surface area contributed by atoms with Crippen LogP contribution in [0.5, 0.6) is 0 Å². The second-order valence-electron chi connectivity index (χ2n) is 5.71. The molecule has 1 aromatic carbocycles. The predicted molar refractivity (Wildman–Crippen MR) is 85.8 cm³/mol. The highest BCUT2D eigenvalue weighted by atomic mass is 16.1. The van der Waals surface area contributed by atoms with Crippen molar-refractivity contribution in [3.8, 4) is 0 Å². The molecule has 0 radical (unpaired) electrons. The summed E-state index contributed by atoms with van der Waals surface area (Å²) in [6, 6.07) is 6.36. The lowest BCUT2D eigenvalue weighted by atomic mass is 10.1. The molecule has 0 aliphatic rings. The van der Waals surface area contributed by atoms with Crippen LogP contribution in [-0.2, 0) is 11.3 Å². The van der Waals surface area contributed by atoms with Gasteiger partial charge in [-0.3, -0.25) is 4.79 Å². The minimum atomic E-state index is 0.179. The van der Waals surface area contributed by atoms with Crippen LogP contribution in [0.1, 0.15) is 68.6 Å². The van der Waals surface area contributed by atoms with Crippen LogP contribution in [0.3, 0.4) is 0 Å². The second-order valence-corrected chi connectivity index (χ2v) is 5.71. The van der Waals surface area contributed by atoms with Gasteiger partial charge in [0.1, 0.15) is 0 Å². The number of carbonyl (C=O) groups is 1. The molecule has 1 rings (SSSR count). The standard InChI is InChI=1S/C18H29NO/c1-4-5-6-7-8-9-10-18(20)19-14-17-12-11-15(2)16(3)13-17/h11-13H,4-10,14H2,1-3H3,(H,19,20). The maximum atomic E-state index is 11.7. The lowest BCUT2D eigenvalue weighted by molar-refractivity contribution is -0.121. The number of benzene rings is 1. The molecule has 0 unspecified atom stereocenters.